The minimum atomic E-state index is 0. The van der Waals surface area contributed by atoms with Gasteiger partial charge in [0.05, 0.1) is 0 Å². The van der Waals surface area contributed by atoms with E-state index in [0.717, 1.165) is 12.8 Å². The molecular formula is C18H26Cl2Ti. The van der Waals surface area contributed by atoms with Crippen LogP contribution in [0.4, 0.5) is 0 Å². The Balaban J connectivity index is -0.000000270. The Morgan fingerprint density at radius 2 is 1.19 bits per heavy atom. The van der Waals surface area contributed by atoms with Crippen LogP contribution in [0.3, 0.4) is 0 Å². The molecule has 3 heteroatoms. The van der Waals surface area contributed by atoms with E-state index in [1.54, 1.807) is 0 Å². The maximum absolute atomic E-state index is 3.31. The molecule has 2 unspecified atom stereocenters. The van der Waals surface area contributed by atoms with Crippen LogP contribution in [0.1, 0.15) is 53.4 Å². The largest absolute Gasteiger partial charge is 4.00 e. The molecule has 0 radical (unpaired) electrons. The molecule has 21 heavy (non-hydrogen) atoms. The van der Waals surface area contributed by atoms with E-state index >= 15 is 0 Å². The van der Waals surface area contributed by atoms with Crippen molar-refractivity contribution >= 4 is 0 Å². The average molecular weight is 361 g/mol. The molecular weight excluding hydrogens is 335 g/mol. The van der Waals surface area contributed by atoms with Crippen molar-refractivity contribution in [3.05, 3.63) is 47.6 Å². The van der Waals surface area contributed by atoms with E-state index in [1.165, 1.54) is 24.0 Å². The van der Waals surface area contributed by atoms with Crippen molar-refractivity contribution in [2.45, 2.75) is 53.4 Å². The molecule has 2 aliphatic rings. The van der Waals surface area contributed by atoms with E-state index in [2.05, 4.69) is 64.2 Å². The van der Waals surface area contributed by atoms with Gasteiger partial charge in [0.25, 0.3) is 0 Å². The van der Waals surface area contributed by atoms with Gasteiger partial charge >= 0.3 is 21.7 Å². The predicted octanol–water partition coefficient (Wildman–Crippen LogP) is -0.551. The van der Waals surface area contributed by atoms with Gasteiger partial charge in [0.15, 0.2) is 0 Å². The first-order chi connectivity index (χ1) is 8.69. The topological polar surface area (TPSA) is 0 Å². The van der Waals surface area contributed by atoms with Gasteiger partial charge < -0.3 is 24.8 Å². The molecule has 2 atom stereocenters. The van der Waals surface area contributed by atoms with E-state index in [-0.39, 0.29) is 46.5 Å². The van der Waals surface area contributed by atoms with E-state index in [9.17, 15) is 0 Å². The summed E-state index contributed by atoms with van der Waals surface area (Å²) in [5.74, 6) is 1.42. The zero-order chi connectivity index (χ0) is 13.4. The van der Waals surface area contributed by atoms with Crippen LogP contribution in [-0.2, 0) is 21.7 Å². The third kappa shape index (κ3) is 9.79. The molecule has 0 aliphatic heterocycles. The Morgan fingerprint density at radius 3 is 1.38 bits per heavy atom. The van der Waals surface area contributed by atoms with E-state index in [0.29, 0.717) is 11.8 Å². The van der Waals surface area contributed by atoms with Crippen LogP contribution in [0.15, 0.2) is 35.5 Å². The second-order valence-electron chi connectivity index (χ2n) is 5.10. The molecule has 0 saturated carbocycles. The van der Waals surface area contributed by atoms with Gasteiger partial charge in [-0.3, -0.25) is 12.2 Å². The van der Waals surface area contributed by atoms with Crippen molar-refractivity contribution in [2.24, 2.45) is 11.8 Å². The first kappa shape index (κ1) is 26.2. The van der Waals surface area contributed by atoms with Gasteiger partial charge in [0, 0.05) is 0 Å². The summed E-state index contributed by atoms with van der Waals surface area (Å²) in [4.78, 5) is 0. The standard InChI is InChI=1S/2C9H13.2ClH.Ti/c2*1-3-8(2)9-6-4-5-7-9;;;/h2*4,6,8H,3,5H2,1-2H3;2*1H;/q2*-1;;;+4/p-2. The molecule has 0 heterocycles. The molecule has 0 spiro atoms. The van der Waals surface area contributed by atoms with Crippen molar-refractivity contribution in [1.82, 2.24) is 0 Å². The van der Waals surface area contributed by atoms with Crippen molar-refractivity contribution in [3.8, 4) is 0 Å². The van der Waals surface area contributed by atoms with Crippen molar-refractivity contribution in [3.63, 3.8) is 0 Å². The summed E-state index contributed by atoms with van der Waals surface area (Å²) in [6.07, 6.45) is 19.9. The number of allylic oxidation sites excluding steroid dienone is 8. The van der Waals surface area contributed by atoms with Crippen molar-refractivity contribution in [1.29, 1.82) is 0 Å². The molecule has 0 fully saturated rings. The molecule has 116 valence electrons. The Hall–Kier alpha value is 0.254. The van der Waals surface area contributed by atoms with Crippen LogP contribution < -0.4 is 24.8 Å². The normalized spacial score (nSPS) is 17.1. The summed E-state index contributed by atoms with van der Waals surface area (Å²) >= 11 is 0. The zero-order valence-electron chi connectivity index (χ0n) is 13.5. The Bertz CT molecular complexity index is 331. The predicted molar refractivity (Wildman–Crippen MR) is 79.9 cm³/mol. The van der Waals surface area contributed by atoms with Gasteiger partial charge in [0.1, 0.15) is 0 Å². The van der Waals surface area contributed by atoms with Crippen molar-refractivity contribution < 1.29 is 46.5 Å². The number of hydrogen-bond acceptors (Lipinski definition) is 0. The molecule has 0 nitrogen and oxygen atoms in total. The van der Waals surface area contributed by atoms with Crippen LogP contribution >= 0.6 is 0 Å². The van der Waals surface area contributed by atoms with Crippen LogP contribution in [0.5, 0.6) is 0 Å². The average Bonchev–Trinajstić information content (AvgIpc) is 3.09. The maximum Gasteiger partial charge on any atom is 4.00 e. The number of rotatable bonds is 4. The summed E-state index contributed by atoms with van der Waals surface area (Å²) in [6, 6.07) is 0. The number of hydrogen-bond donors (Lipinski definition) is 0. The van der Waals surface area contributed by atoms with Gasteiger partial charge in [-0.15, -0.1) is 12.8 Å². The molecule has 0 bridgehead atoms. The van der Waals surface area contributed by atoms with Crippen LogP contribution in [0, 0.1) is 24.0 Å². The van der Waals surface area contributed by atoms with E-state index in [1.807, 2.05) is 0 Å². The molecule has 0 N–H and O–H groups in total. The van der Waals surface area contributed by atoms with Crippen LogP contribution in [-0.4, -0.2) is 0 Å². The Labute approximate surface area is 158 Å². The Kier molecular flexibility index (Phi) is 18.9. The Morgan fingerprint density at radius 1 is 0.857 bits per heavy atom. The monoisotopic (exact) mass is 360 g/mol. The second kappa shape index (κ2) is 15.2. The van der Waals surface area contributed by atoms with Gasteiger partial charge in [0.2, 0.25) is 0 Å². The fraction of sp³-hybridized carbons (Fsp3) is 0.556. The number of halogens is 2. The van der Waals surface area contributed by atoms with Crippen molar-refractivity contribution in [2.75, 3.05) is 0 Å². The smallest absolute Gasteiger partial charge is 1.00 e. The maximum atomic E-state index is 3.31. The molecule has 2 rings (SSSR count). The minimum absolute atomic E-state index is 0. The zero-order valence-corrected chi connectivity index (χ0v) is 16.6. The van der Waals surface area contributed by atoms with Gasteiger partial charge in [-0.25, -0.2) is 23.3 Å². The van der Waals surface area contributed by atoms with Crippen LogP contribution in [0.2, 0.25) is 0 Å². The summed E-state index contributed by atoms with van der Waals surface area (Å²) in [5, 5.41) is 0. The molecule has 2 aliphatic carbocycles. The van der Waals surface area contributed by atoms with Crippen LogP contribution in [0.25, 0.3) is 0 Å². The quantitative estimate of drug-likeness (QED) is 0.466. The van der Waals surface area contributed by atoms with E-state index in [4.69, 9.17) is 0 Å². The first-order valence-corrected chi connectivity index (χ1v) is 7.23. The molecule has 0 aromatic rings. The molecule has 0 aromatic heterocycles. The SMILES string of the molecule is CCC(C)C1=[C-]CC=C1.CCC(C)C1=[C-]CC=C1.[Cl-].[Cl-].[Ti+4]. The van der Waals surface area contributed by atoms with Gasteiger partial charge in [-0.05, 0) is 0 Å². The van der Waals surface area contributed by atoms with Gasteiger partial charge in [-0.2, -0.15) is 12.2 Å². The third-order valence-corrected chi connectivity index (χ3v) is 3.73. The summed E-state index contributed by atoms with van der Waals surface area (Å²) in [6.45, 7) is 8.92. The molecule has 0 saturated heterocycles. The molecule has 0 aromatic carbocycles. The second-order valence-corrected chi connectivity index (χ2v) is 5.10. The summed E-state index contributed by atoms with van der Waals surface area (Å²) in [5.41, 5.74) is 2.80. The summed E-state index contributed by atoms with van der Waals surface area (Å²) < 4.78 is 0. The first-order valence-electron chi connectivity index (χ1n) is 7.23. The van der Waals surface area contributed by atoms with E-state index < -0.39 is 0 Å². The summed E-state index contributed by atoms with van der Waals surface area (Å²) in [7, 11) is 0. The minimum Gasteiger partial charge on any atom is -1.00 e. The third-order valence-electron chi connectivity index (χ3n) is 3.73. The fourth-order valence-electron chi connectivity index (χ4n) is 1.96. The van der Waals surface area contributed by atoms with Gasteiger partial charge in [-0.1, -0.05) is 52.4 Å². The molecule has 0 amide bonds. The fourth-order valence-corrected chi connectivity index (χ4v) is 1.96.